The highest BCUT2D eigenvalue weighted by atomic mass is 19.3. The zero-order valence-electron chi connectivity index (χ0n) is 10.5. The van der Waals surface area contributed by atoms with Crippen molar-refractivity contribution in [2.75, 3.05) is 7.11 Å². The first-order valence-corrected chi connectivity index (χ1v) is 5.47. The van der Waals surface area contributed by atoms with Crippen LogP contribution in [0.25, 0.3) is 0 Å². The van der Waals surface area contributed by atoms with Crippen molar-refractivity contribution >= 4 is 11.9 Å². The van der Waals surface area contributed by atoms with E-state index in [0.29, 0.717) is 6.42 Å². The molecule has 0 rings (SSSR count). The molecule has 0 aromatic carbocycles. The lowest BCUT2D eigenvalue weighted by Crippen LogP contribution is -2.45. The number of esters is 2. The molecule has 0 heterocycles. The average molecular weight is 252 g/mol. The SMILES string of the molecule is CCC(C)C(=O)OC(CC)C(F)(F)C(=O)OC. The van der Waals surface area contributed by atoms with Crippen LogP contribution in [-0.2, 0) is 19.1 Å². The lowest BCUT2D eigenvalue weighted by molar-refractivity contribution is -0.198. The normalized spacial score (nSPS) is 14.9. The number of hydrogen-bond donors (Lipinski definition) is 0. The van der Waals surface area contributed by atoms with Gasteiger partial charge in [0.25, 0.3) is 0 Å². The zero-order chi connectivity index (χ0) is 13.6. The summed E-state index contributed by atoms with van der Waals surface area (Å²) in [6.45, 7) is 4.72. The molecular weight excluding hydrogens is 234 g/mol. The smallest absolute Gasteiger partial charge is 0.380 e. The number of carbonyl (C=O) groups is 2. The Bertz CT molecular complexity index is 279. The molecule has 0 bridgehead atoms. The highest BCUT2D eigenvalue weighted by Crippen LogP contribution is 2.26. The average Bonchev–Trinajstić information content (AvgIpc) is 2.32. The summed E-state index contributed by atoms with van der Waals surface area (Å²) in [5, 5.41) is 0. The van der Waals surface area contributed by atoms with Gasteiger partial charge in [-0.3, -0.25) is 4.79 Å². The summed E-state index contributed by atoms with van der Waals surface area (Å²) in [4.78, 5) is 22.3. The first-order chi connectivity index (χ1) is 7.81. The van der Waals surface area contributed by atoms with Gasteiger partial charge in [0.05, 0.1) is 13.0 Å². The van der Waals surface area contributed by atoms with Gasteiger partial charge in [-0.05, 0) is 12.8 Å². The summed E-state index contributed by atoms with van der Waals surface area (Å²) in [6.07, 6.45) is -1.46. The van der Waals surface area contributed by atoms with Crippen LogP contribution in [0.3, 0.4) is 0 Å². The van der Waals surface area contributed by atoms with E-state index in [1.165, 1.54) is 6.92 Å². The third kappa shape index (κ3) is 3.94. The van der Waals surface area contributed by atoms with Crippen LogP contribution >= 0.6 is 0 Å². The second kappa shape index (κ2) is 6.51. The minimum Gasteiger partial charge on any atom is -0.464 e. The van der Waals surface area contributed by atoms with E-state index < -0.39 is 29.9 Å². The second-order valence-corrected chi connectivity index (χ2v) is 3.76. The van der Waals surface area contributed by atoms with Gasteiger partial charge in [0.2, 0.25) is 0 Å². The Morgan fingerprint density at radius 3 is 2.12 bits per heavy atom. The maximum absolute atomic E-state index is 13.5. The molecule has 4 nitrogen and oxygen atoms in total. The largest absolute Gasteiger partial charge is 0.464 e. The van der Waals surface area contributed by atoms with Gasteiger partial charge < -0.3 is 9.47 Å². The number of methoxy groups -OCH3 is 1. The molecule has 0 amide bonds. The van der Waals surface area contributed by atoms with E-state index in [4.69, 9.17) is 0 Å². The first kappa shape index (κ1) is 15.8. The van der Waals surface area contributed by atoms with Gasteiger partial charge in [0, 0.05) is 0 Å². The molecular formula is C11H18F2O4. The molecule has 6 heteroatoms. The number of hydrogen-bond acceptors (Lipinski definition) is 4. The molecule has 0 radical (unpaired) electrons. The third-order valence-corrected chi connectivity index (χ3v) is 2.51. The molecule has 100 valence electrons. The molecule has 17 heavy (non-hydrogen) atoms. The van der Waals surface area contributed by atoms with Crippen molar-refractivity contribution in [1.82, 2.24) is 0 Å². The standard InChI is InChI=1S/C11H18F2O4/c1-5-7(3)9(14)17-8(6-2)11(12,13)10(15)16-4/h7-8H,5-6H2,1-4H3. The summed E-state index contributed by atoms with van der Waals surface area (Å²) in [5.74, 6) is -6.71. The number of ether oxygens (including phenoxy) is 2. The van der Waals surface area contributed by atoms with E-state index in [9.17, 15) is 18.4 Å². The molecule has 0 saturated carbocycles. The van der Waals surface area contributed by atoms with Gasteiger partial charge in [0.15, 0.2) is 6.10 Å². The van der Waals surface area contributed by atoms with E-state index in [1.807, 2.05) is 0 Å². The van der Waals surface area contributed by atoms with Gasteiger partial charge in [-0.1, -0.05) is 20.8 Å². The van der Waals surface area contributed by atoms with E-state index in [-0.39, 0.29) is 6.42 Å². The lowest BCUT2D eigenvalue weighted by atomic mass is 10.1. The van der Waals surface area contributed by atoms with Gasteiger partial charge >= 0.3 is 17.9 Å². The molecule has 2 atom stereocenters. The molecule has 2 unspecified atom stereocenters. The molecule has 0 aliphatic rings. The highest BCUT2D eigenvalue weighted by Gasteiger charge is 2.50. The van der Waals surface area contributed by atoms with Crippen LogP contribution in [0.15, 0.2) is 0 Å². The molecule has 0 aromatic rings. The van der Waals surface area contributed by atoms with Crippen molar-refractivity contribution in [1.29, 1.82) is 0 Å². The van der Waals surface area contributed by atoms with E-state index in [2.05, 4.69) is 9.47 Å². The Kier molecular flexibility index (Phi) is 6.05. The minimum atomic E-state index is -3.81. The number of alkyl halides is 2. The lowest BCUT2D eigenvalue weighted by Gasteiger charge is -2.24. The fourth-order valence-electron chi connectivity index (χ4n) is 1.10. The fraction of sp³-hybridized carbons (Fsp3) is 0.818. The van der Waals surface area contributed by atoms with Crippen LogP contribution in [0.5, 0.6) is 0 Å². The summed E-state index contributed by atoms with van der Waals surface area (Å²) in [7, 11) is 0.861. The first-order valence-electron chi connectivity index (χ1n) is 5.47. The summed E-state index contributed by atoms with van der Waals surface area (Å²) in [6, 6.07) is 0. The summed E-state index contributed by atoms with van der Waals surface area (Å²) in [5.41, 5.74) is 0. The fourth-order valence-corrected chi connectivity index (χ4v) is 1.10. The third-order valence-electron chi connectivity index (χ3n) is 2.51. The van der Waals surface area contributed by atoms with Crippen LogP contribution in [0.1, 0.15) is 33.6 Å². The Morgan fingerprint density at radius 2 is 1.76 bits per heavy atom. The Labute approximate surface area is 99.3 Å². The van der Waals surface area contributed by atoms with Gasteiger partial charge in [-0.2, -0.15) is 8.78 Å². The number of halogens is 2. The van der Waals surface area contributed by atoms with Crippen LogP contribution in [-0.4, -0.2) is 31.1 Å². The van der Waals surface area contributed by atoms with Crippen molar-refractivity contribution < 1.29 is 27.8 Å². The highest BCUT2D eigenvalue weighted by molar-refractivity contribution is 5.79. The Hall–Kier alpha value is -1.20. The molecule has 0 spiro atoms. The van der Waals surface area contributed by atoms with Crippen molar-refractivity contribution in [2.45, 2.75) is 45.6 Å². The van der Waals surface area contributed by atoms with Crippen molar-refractivity contribution in [3.63, 3.8) is 0 Å². The second-order valence-electron chi connectivity index (χ2n) is 3.76. The summed E-state index contributed by atoms with van der Waals surface area (Å²) >= 11 is 0. The van der Waals surface area contributed by atoms with Crippen LogP contribution < -0.4 is 0 Å². The van der Waals surface area contributed by atoms with Crippen LogP contribution in [0.4, 0.5) is 8.78 Å². The summed E-state index contributed by atoms with van der Waals surface area (Å²) < 4.78 is 35.6. The molecule has 0 saturated heterocycles. The van der Waals surface area contributed by atoms with E-state index in [0.717, 1.165) is 7.11 Å². The molecule has 0 aliphatic carbocycles. The van der Waals surface area contributed by atoms with Crippen LogP contribution in [0.2, 0.25) is 0 Å². The number of carbonyl (C=O) groups excluding carboxylic acids is 2. The zero-order valence-corrected chi connectivity index (χ0v) is 10.5. The van der Waals surface area contributed by atoms with Crippen molar-refractivity contribution in [3.8, 4) is 0 Å². The maximum Gasteiger partial charge on any atom is 0.380 e. The number of rotatable bonds is 6. The van der Waals surface area contributed by atoms with Crippen molar-refractivity contribution in [3.05, 3.63) is 0 Å². The van der Waals surface area contributed by atoms with Crippen molar-refractivity contribution in [2.24, 2.45) is 5.92 Å². The van der Waals surface area contributed by atoms with Crippen LogP contribution in [0, 0.1) is 5.92 Å². The van der Waals surface area contributed by atoms with E-state index in [1.54, 1.807) is 13.8 Å². The maximum atomic E-state index is 13.5. The predicted octanol–water partition coefficient (Wildman–Crippen LogP) is 2.16. The molecule has 0 aromatic heterocycles. The Morgan fingerprint density at radius 1 is 1.24 bits per heavy atom. The van der Waals surface area contributed by atoms with Gasteiger partial charge in [-0.25, -0.2) is 4.79 Å². The monoisotopic (exact) mass is 252 g/mol. The topological polar surface area (TPSA) is 52.6 Å². The minimum absolute atomic E-state index is 0.162. The Balaban J connectivity index is 4.74. The van der Waals surface area contributed by atoms with E-state index >= 15 is 0 Å². The predicted molar refractivity (Wildman–Crippen MR) is 56.6 cm³/mol. The quantitative estimate of drug-likeness (QED) is 0.680. The molecule has 0 aliphatic heterocycles. The molecule has 0 N–H and O–H groups in total. The van der Waals surface area contributed by atoms with Gasteiger partial charge in [-0.15, -0.1) is 0 Å². The molecule has 0 fully saturated rings. The van der Waals surface area contributed by atoms with Gasteiger partial charge in [0.1, 0.15) is 0 Å².